The minimum absolute atomic E-state index is 0.0795. The van der Waals surface area contributed by atoms with Crippen LogP contribution in [0.3, 0.4) is 0 Å². The fraction of sp³-hybridized carbons (Fsp3) is 0.263. The maximum Gasteiger partial charge on any atom is 0.234 e. The molecule has 1 fully saturated rings. The lowest BCUT2D eigenvalue weighted by Crippen LogP contribution is -2.18. The Kier molecular flexibility index (Phi) is 5.34. The van der Waals surface area contributed by atoms with Crippen molar-refractivity contribution in [2.45, 2.75) is 18.0 Å². The molecule has 138 valence electrons. The summed E-state index contributed by atoms with van der Waals surface area (Å²) >= 11 is 1.30. The first-order valence-corrected chi connectivity index (χ1v) is 9.87. The molecular formula is C19H20N6OS. The van der Waals surface area contributed by atoms with Gasteiger partial charge in [-0.25, -0.2) is 4.98 Å². The molecule has 2 aromatic heterocycles. The van der Waals surface area contributed by atoms with E-state index in [1.54, 1.807) is 12.4 Å². The number of carbonyl (C=O) groups is 1. The van der Waals surface area contributed by atoms with Crippen molar-refractivity contribution in [1.29, 1.82) is 0 Å². The van der Waals surface area contributed by atoms with E-state index in [2.05, 4.69) is 42.5 Å². The van der Waals surface area contributed by atoms with Gasteiger partial charge in [-0.15, -0.1) is 5.10 Å². The van der Waals surface area contributed by atoms with Crippen LogP contribution in [0.5, 0.6) is 0 Å². The zero-order chi connectivity index (χ0) is 18.5. The first-order chi connectivity index (χ1) is 13.3. The molecule has 0 bridgehead atoms. The van der Waals surface area contributed by atoms with E-state index in [0.29, 0.717) is 11.0 Å². The van der Waals surface area contributed by atoms with Crippen molar-refractivity contribution in [2.24, 2.45) is 0 Å². The Morgan fingerprint density at radius 2 is 1.85 bits per heavy atom. The van der Waals surface area contributed by atoms with E-state index in [-0.39, 0.29) is 11.7 Å². The highest BCUT2D eigenvalue weighted by Gasteiger charge is 2.13. The van der Waals surface area contributed by atoms with Crippen LogP contribution in [0.25, 0.3) is 11.4 Å². The number of thioether (sulfide) groups is 1. The highest BCUT2D eigenvalue weighted by molar-refractivity contribution is 7.99. The summed E-state index contributed by atoms with van der Waals surface area (Å²) in [5, 5.41) is 10.5. The highest BCUT2D eigenvalue weighted by Crippen LogP contribution is 2.23. The standard InChI is InChI=1S/C19H20N6OS/c26-17(21-15-3-5-16(6-4-15)25-11-1-2-12-25)13-27-19-22-18(23-24-19)14-7-9-20-10-8-14/h3-10H,1-2,11-13H2,(H,21,26)(H,22,23,24). The Hall–Kier alpha value is -2.87. The van der Waals surface area contributed by atoms with Crippen molar-refractivity contribution in [2.75, 3.05) is 29.1 Å². The summed E-state index contributed by atoms with van der Waals surface area (Å²) in [7, 11) is 0. The fourth-order valence-electron chi connectivity index (χ4n) is 3.01. The molecular weight excluding hydrogens is 360 g/mol. The average Bonchev–Trinajstić information content (AvgIpc) is 3.40. The van der Waals surface area contributed by atoms with Crippen molar-refractivity contribution in [3.8, 4) is 11.4 Å². The van der Waals surface area contributed by atoms with E-state index in [9.17, 15) is 4.79 Å². The Labute approximate surface area is 161 Å². The van der Waals surface area contributed by atoms with E-state index < -0.39 is 0 Å². The number of nitrogens with zero attached hydrogens (tertiary/aromatic N) is 4. The third-order valence-corrected chi connectivity index (χ3v) is 5.22. The van der Waals surface area contributed by atoms with Gasteiger partial charge < -0.3 is 10.2 Å². The molecule has 8 heteroatoms. The van der Waals surface area contributed by atoms with E-state index in [1.807, 2.05) is 24.3 Å². The van der Waals surface area contributed by atoms with Crippen LogP contribution in [-0.4, -0.2) is 44.9 Å². The molecule has 27 heavy (non-hydrogen) atoms. The molecule has 0 radical (unpaired) electrons. The van der Waals surface area contributed by atoms with Gasteiger partial charge in [0.05, 0.1) is 5.75 Å². The molecule has 0 spiro atoms. The van der Waals surface area contributed by atoms with Crippen LogP contribution in [0.2, 0.25) is 0 Å². The van der Waals surface area contributed by atoms with E-state index >= 15 is 0 Å². The lowest BCUT2D eigenvalue weighted by Gasteiger charge is -2.17. The quantitative estimate of drug-likeness (QED) is 0.639. The molecule has 1 aliphatic rings. The van der Waals surface area contributed by atoms with E-state index in [0.717, 1.165) is 24.3 Å². The number of rotatable bonds is 6. The maximum atomic E-state index is 12.2. The number of hydrogen-bond donors (Lipinski definition) is 2. The predicted molar refractivity (Wildman–Crippen MR) is 107 cm³/mol. The lowest BCUT2D eigenvalue weighted by molar-refractivity contribution is -0.113. The van der Waals surface area contributed by atoms with Crippen molar-refractivity contribution in [3.63, 3.8) is 0 Å². The Balaban J connectivity index is 1.29. The molecule has 7 nitrogen and oxygen atoms in total. The van der Waals surface area contributed by atoms with Gasteiger partial charge in [0.1, 0.15) is 0 Å². The molecule has 1 saturated heterocycles. The van der Waals surface area contributed by atoms with E-state index in [4.69, 9.17) is 0 Å². The summed E-state index contributed by atoms with van der Waals surface area (Å²) in [5.41, 5.74) is 2.92. The van der Waals surface area contributed by atoms with Crippen LogP contribution in [0.15, 0.2) is 53.9 Å². The number of pyridine rings is 1. The number of amides is 1. The smallest absolute Gasteiger partial charge is 0.234 e. The second-order valence-corrected chi connectivity index (χ2v) is 7.22. The van der Waals surface area contributed by atoms with Crippen molar-refractivity contribution in [1.82, 2.24) is 20.2 Å². The van der Waals surface area contributed by atoms with Gasteiger partial charge in [0.25, 0.3) is 0 Å². The number of H-pyrrole nitrogens is 1. The third-order valence-electron chi connectivity index (χ3n) is 4.37. The minimum Gasteiger partial charge on any atom is -0.372 e. The third kappa shape index (κ3) is 4.46. The maximum absolute atomic E-state index is 12.2. The second kappa shape index (κ2) is 8.22. The van der Waals surface area contributed by atoms with Gasteiger partial charge in [0, 0.05) is 42.4 Å². The highest BCUT2D eigenvalue weighted by atomic mass is 32.2. The summed E-state index contributed by atoms with van der Waals surface area (Å²) < 4.78 is 0. The summed E-state index contributed by atoms with van der Waals surface area (Å²) in [5.74, 6) is 0.837. The van der Waals surface area contributed by atoms with Crippen molar-refractivity contribution < 1.29 is 4.79 Å². The predicted octanol–water partition coefficient (Wildman–Crippen LogP) is 3.20. The van der Waals surface area contributed by atoms with Gasteiger partial charge >= 0.3 is 0 Å². The first-order valence-electron chi connectivity index (χ1n) is 8.88. The fourth-order valence-corrected chi connectivity index (χ4v) is 3.61. The number of hydrogen-bond acceptors (Lipinski definition) is 6. The summed E-state index contributed by atoms with van der Waals surface area (Å²) in [6.07, 6.45) is 5.90. The number of carbonyl (C=O) groups excluding carboxylic acids is 1. The van der Waals surface area contributed by atoms with E-state index in [1.165, 1.54) is 30.3 Å². The van der Waals surface area contributed by atoms with Gasteiger partial charge in [0.2, 0.25) is 11.1 Å². The largest absolute Gasteiger partial charge is 0.372 e. The SMILES string of the molecule is O=C(CSc1n[nH]c(-c2ccncc2)n1)Nc1ccc(N2CCCC2)cc1. The van der Waals surface area contributed by atoms with Crippen LogP contribution in [0.4, 0.5) is 11.4 Å². The molecule has 2 N–H and O–H groups in total. The molecule has 0 saturated carbocycles. The topological polar surface area (TPSA) is 86.8 Å². The zero-order valence-corrected chi connectivity index (χ0v) is 15.6. The Morgan fingerprint density at radius 1 is 1.11 bits per heavy atom. The summed E-state index contributed by atoms with van der Waals surface area (Å²) in [6, 6.07) is 11.7. The van der Waals surface area contributed by atoms with Gasteiger partial charge in [-0.3, -0.25) is 14.9 Å². The molecule has 1 amide bonds. The molecule has 3 heterocycles. The lowest BCUT2D eigenvalue weighted by atomic mass is 10.2. The van der Waals surface area contributed by atoms with Crippen molar-refractivity contribution >= 4 is 29.0 Å². The Bertz CT molecular complexity index is 890. The monoisotopic (exact) mass is 380 g/mol. The Morgan fingerprint density at radius 3 is 2.59 bits per heavy atom. The molecule has 1 aromatic carbocycles. The normalized spacial score (nSPS) is 13.7. The minimum atomic E-state index is -0.0795. The molecule has 0 atom stereocenters. The summed E-state index contributed by atoms with van der Waals surface area (Å²) in [6.45, 7) is 2.22. The van der Waals surface area contributed by atoms with Gasteiger partial charge in [-0.2, -0.15) is 0 Å². The molecule has 1 aliphatic heterocycles. The van der Waals surface area contributed by atoms with Crippen molar-refractivity contribution in [3.05, 3.63) is 48.8 Å². The average molecular weight is 380 g/mol. The number of aromatic nitrogens is 4. The van der Waals surface area contributed by atoms with Gasteiger partial charge in [-0.05, 0) is 49.2 Å². The number of anilines is 2. The molecule has 0 aliphatic carbocycles. The van der Waals surface area contributed by atoms with Crippen LogP contribution in [-0.2, 0) is 4.79 Å². The first kappa shape index (κ1) is 17.5. The zero-order valence-electron chi connectivity index (χ0n) is 14.8. The molecule has 3 aromatic rings. The number of nitrogens with one attached hydrogen (secondary N) is 2. The molecule has 4 rings (SSSR count). The summed E-state index contributed by atoms with van der Waals surface area (Å²) in [4.78, 5) is 22.9. The number of benzene rings is 1. The van der Waals surface area contributed by atoms with Crippen LogP contribution in [0.1, 0.15) is 12.8 Å². The van der Waals surface area contributed by atoms with Gasteiger partial charge in [-0.1, -0.05) is 11.8 Å². The number of aromatic amines is 1. The van der Waals surface area contributed by atoms with Crippen LogP contribution in [0, 0.1) is 0 Å². The molecule has 0 unspecified atom stereocenters. The van der Waals surface area contributed by atoms with Crippen LogP contribution >= 0.6 is 11.8 Å². The second-order valence-electron chi connectivity index (χ2n) is 6.28. The van der Waals surface area contributed by atoms with Crippen LogP contribution < -0.4 is 10.2 Å². The van der Waals surface area contributed by atoms with Gasteiger partial charge in [0.15, 0.2) is 5.82 Å².